The third-order valence-electron chi connectivity index (χ3n) is 4.62. The molecule has 3 rings (SSSR count). The summed E-state index contributed by atoms with van der Waals surface area (Å²) in [5.74, 6) is 1.94. The minimum atomic E-state index is 0.0477. The fourth-order valence-corrected chi connectivity index (χ4v) is 3.20. The number of phenols is 3. The first kappa shape index (κ1) is 17.1. The van der Waals surface area contributed by atoms with E-state index in [4.69, 9.17) is 14.2 Å². The summed E-state index contributed by atoms with van der Waals surface area (Å²) >= 11 is 0. The van der Waals surface area contributed by atoms with Crippen molar-refractivity contribution in [2.75, 3.05) is 13.9 Å². The van der Waals surface area contributed by atoms with Gasteiger partial charge in [-0.1, -0.05) is 0 Å². The third-order valence-corrected chi connectivity index (χ3v) is 4.62. The van der Waals surface area contributed by atoms with Gasteiger partial charge in [0, 0.05) is 22.8 Å². The van der Waals surface area contributed by atoms with Crippen molar-refractivity contribution in [3.05, 3.63) is 34.4 Å². The summed E-state index contributed by atoms with van der Waals surface area (Å²) < 4.78 is 15.9. The Balaban J connectivity index is 1.79. The highest BCUT2D eigenvalue weighted by atomic mass is 16.7. The summed E-state index contributed by atoms with van der Waals surface area (Å²) in [6.07, 6.45) is 1.83. The van der Waals surface area contributed by atoms with Crippen molar-refractivity contribution in [1.82, 2.24) is 0 Å². The van der Waals surface area contributed by atoms with Crippen LogP contribution in [0.5, 0.6) is 34.5 Å². The topological polar surface area (TPSA) is 88.4 Å². The van der Waals surface area contributed by atoms with Crippen molar-refractivity contribution < 1.29 is 29.5 Å². The molecule has 0 spiro atoms. The fraction of sp³-hybridized carbons (Fsp3) is 0.368. The summed E-state index contributed by atoms with van der Waals surface area (Å²) in [6.45, 7) is 3.59. The van der Waals surface area contributed by atoms with Gasteiger partial charge < -0.3 is 29.5 Å². The van der Waals surface area contributed by atoms with Gasteiger partial charge in [0.25, 0.3) is 0 Å². The van der Waals surface area contributed by atoms with Crippen molar-refractivity contribution in [2.24, 2.45) is 0 Å². The van der Waals surface area contributed by atoms with E-state index in [-0.39, 0.29) is 24.0 Å². The molecule has 6 nitrogen and oxygen atoms in total. The number of methoxy groups -OCH3 is 1. The molecule has 0 radical (unpaired) electrons. The summed E-state index contributed by atoms with van der Waals surface area (Å²) in [5.41, 5.74) is 2.48. The molecule has 0 aliphatic carbocycles. The first-order valence-corrected chi connectivity index (χ1v) is 8.13. The average molecular weight is 346 g/mol. The second kappa shape index (κ2) is 6.63. The van der Waals surface area contributed by atoms with Crippen LogP contribution in [-0.4, -0.2) is 29.2 Å². The van der Waals surface area contributed by atoms with Crippen molar-refractivity contribution in [2.45, 2.75) is 33.1 Å². The van der Waals surface area contributed by atoms with Crippen LogP contribution >= 0.6 is 0 Å². The highest BCUT2D eigenvalue weighted by Crippen LogP contribution is 2.42. The minimum absolute atomic E-state index is 0.0477. The van der Waals surface area contributed by atoms with E-state index in [9.17, 15) is 15.3 Å². The number of ether oxygens (including phenoxy) is 3. The first-order chi connectivity index (χ1) is 11.9. The predicted molar refractivity (Wildman–Crippen MR) is 92.1 cm³/mol. The van der Waals surface area contributed by atoms with Gasteiger partial charge in [-0.2, -0.15) is 0 Å². The molecule has 0 saturated carbocycles. The fourth-order valence-electron chi connectivity index (χ4n) is 3.20. The number of hydrogen-bond acceptors (Lipinski definition) is 6. The van der Waals surface area contributed by atoms with E-state index in [1.807, 2.05) is 0 Å². The Kier molecular flexibility index (Phi) is 4.53. The number of aryl methyl sites for hydroxylation is 1. The Morgan fingerprint density at radius 2 is 1.64 bits per heavy atom. The number of rotatable bonds is 5. The molecule has 0 aromatic heterocycles. The predicted octanol–water partition coefficient (Wildman–Crippen LogP) is 3.33. The smallest absolute Gasteiger partial charge is 0.231 e. The van der Waals surface area contributed by atoms with E-state index in [2.05, 4.69) is 0 Å². The lowest BCUT2D eigenvalue weighted by Gasteiger charge is -2.17. The molecule has 0 saturated heterocycles. The van der Waals surface area contributed by atoms with Gasteiger partial charge in [-0.15, -0.1) is 0 Å². The van der Waals surface area contributed by atoms with E-state index in [1.165, 1.54) is 7.11 Å². The molecular weight excluding hydrogens is 324 g/mol. The second-order valence-electron chi connectivity index (χ2n) is 6.15. The van der Waals surface area contributed by atoms with Crippen LogP contribution in [0.25, 0.3) is 0 Å². The number of benzene rings is 2. The van der Waals surface area contributed by atoms with Crippen molar-refractivity contribution in [3.8, 4) is 34.5 Å². The van der Waals surface area contributed by atoms with Gasteiger partial charge in [-0.05, 0) is 44.7 Å². The van der Waals surface area contributed by atoms with Crippen molar-refractivity contribution >= 4 is 0 Å². The molecule has 0 unspecified atom stereocenters. The standard InChI is InChI=1S/C19H22O6/c1-10-17(21)11(2)19(23-3)13(18(10)22)6-4-5-12-7-15-16(8-14(12)20)25-9-24-15/h7-8,20-22H,4-6,9H2,1-3H3. The van der Waals surface area contributed by atoms with Crippen LogP contribution in [0.1, 0.15) is 28.7 Å². The lowest BCUT2D eigenvalue weighted by atomic mass is 9.96. The van der Waals surface area contributed by atoms with Gasteiger partial charge in [0.2, 0.25) is 6.79 Å². The van der Waals surface area contributed by atoms with Crippen molar-refractivity contribution in [1.29, 1.82) is 0 Å². The van der Waals surface area contributed by atoms with Crippen LogP contribution in [0.2, 0.25) is 0 Å². The minimum Gasteiger partial charge on any atom is -0.508 e. The maximum Gasteiger partial charge on any atom is 0.231 e. The van der Waals surface area contributed by atoms with Crippen LogP contribution in [0.3, 0.4) is 0 Å². The Hall–Kier alpha value is -2.76. The molecule has 1 heterocycles. The monoisotopic (exact) mass is 346 g/mol. The van der Waals surface area contributed by atoms with Gasteiger partial charge in [0.05, 0.1) is 7.11 Å². The van der Waals surface area contributed by atoms with Gasteiger partial charge in [-0.25, -0.2) is 0 Å². The van der Waals surface area contributed by atoms with Crippen LogP contribution in [-0.2, 0) is 12.8 Å². The van der Waals surface area contributed by atoms with Gasteiger partial charge in [0.1, 0.15) is 23.0 Å². The molecule has 6 heteroatoms. The first-order valence-electron chi connectivity index (χ1n) is 8.13. The normalized spacial score (nSPS) is 12.4. The number of aromatic hydroxyl groups is 3. The van der Waals surface area contributed by atoms with Gasteiger partial charge in [-0.3, -0.25) is 0 Å². The van der Waals surface area contributed by atoms with E-state index >= 15 is 0 Å². The number of hydrogen-bond donors (Lipinski definition) is 3. The zero-order valence-corrected chi connectivity index (χ0v) is 14.5. The maximum absolute atomic E-state index is 10.4. The summed E-state index contributed by atoms with van der Waals surface area (Å²) in [4.78, 5) is 0. The van der Waals surface area contributed by atoms with Gasteiger partial charge in [0.15, 0.2) is 11.5 Å². The van der Waals surface area contributed by atoms with Crippen LogP contribution in [0.4, 0.5) is 0 Å². The molecule has 0 bridgehead atoms. The second-order valence-corrected chi connectivity index (χ2v) is 6.15. The lowest BCUT2D eigenvalue weighted by molar-refractivity contribution is 0.174. The summed E-state index contributed by atoms with van der Waals surface area (Å²) in [5, 5.41) is 30.5. The molecule has 2 aromatic rings. The Labute approximate surface area is 146 Å². The van der Waals surface area contributed by atoms with E-state index in [0.717, 1.165) is 5.56 Å². The Morgan fingerprint density at radius 3 is 2.32 bits per heavy atom. The molecule has 2 aromatic carbocycles. The zero-order valence-electron chi connectivity index (χ0n) is 14.5. The van der Waals surface area contributed by atoms with Crippen LogP contribution < -0.4 is 14.2 Å². The molecular formula is C19H22O6. The molecule has 134 valence electrons. The molecule has 1 aliphatic heterocycles. The quantitative estimate of drug-likeness (QED) is 0.770. The summed E-state index contributed by atoms with van der Waals surface area (Å²) in [6, 6.07) is 3.34. The molecule has 0 atom stereocenters. The SMILES string of the molecule is COc1c(C)c(O)c(C)c(O)c1CCCc1cc2c(cc1O)OCO2. The van der Waals surface area contributed by atoms with Crippen molar-refractivity contribution in [3.63, 3.8) is 0 Å². The number of fused-ring (bicyclic) bond motifs is 1. The Bertz CT molecular complexity index is 813. The number of phenolic OH excluding ortho intramolecular Hbond substituents is 3. The third kappa shape index (κ3) is 2.99. The molecule has 1 aliphatic rings. The van der Waals surface area contributed by atoms with E-state index in [0.29, 0.717) is 53.2 Å². The zero-order chi connectivity index (χ0) is 18.1. The maximum atomic E-state index is 10.4. The highest BCUT2D eigenvalue weighted by molar-refractivity contribution is 5.61. The summed E-state index contributed by atoms with van der Waals surface area (Å²) in [7, 11) is 1.52. The van der Waals surface area contributed by atoms with Crippen LogP contribution in [0.15, 0.2) is 12.1 Å². The molecule has 3 N–H and O–H groups in total. The molecule has 25 heavy (non-hydrogen) atoms. The molecule has 0 fully saturated rings. The molecule has 0 amide bonds. The average Bonchev–Trinajstić information content (AvgIpc) is 3.04. The van der Waals surface area contributed by atoms with Crippen LogP contribution in [0, 0.1) is 13.8 Å². The lowest BCUT2D eigenvalue weighted by Crippen LogP contribution is -2.00. The highest BCUT2D eigenvalue weighted by Gasteiger charge is 2.20. The van der Waals surface area contributed by atoms with Gasteiger partial charge >= 0.3 is 0 Å². The Morgan fingerprint density at radius 1 is 0.960 bits per heavy atom. The van der Waals surface area contributed by atoms with E-state index < -0.39 is 0 Å². The largest absolute Gasteiger partial charge is 0.508 e. The van der Waals surface area contributed by atoms with E-state index in [1.54, 1.807) is 26.0 Å².